The number of rotatable bonds is 2. The van der Waals surface area contributed by atoms with E-state index in [2.05, 4.69) is 8.92 Å². The number of hydrogen-bond donors (Lipinski definition) is 0. The molecule has 0 aromatic heterocycles. The Morgan fingerprint density at radius 2 is 2.25 bits per heavy atom. The van der Waals surface area contributed by atoms with Gasteiger partial charge in [0.15, 0.2) is 0 Å². The van der Waals surface area contributed by atoms with Crippen LogP contribution >= 0.6 is 0 Å². The van der Waals surface area contributed by atoms with Crippen molar-refractivity contribution in [3.8, 4) is 0 Å². The highest BCUT2D eigenvalue weighted by Gasteiger charge is 2.35. The van der Waals surface area contributed by atoms with E-state index in [1.807, 2.05) is 0 Å². The summed E-state index contributed by atoms with van der Waals surface area (Å²) in [6.07, 6.45) is -1.99. The van der Waals surface area contributed by atoms with E-state index in [1.165, 1.54) is 6.92 Å². The molecule has 1 rings (SSSR count). The topological polar surface area (TPSA) is 69.7 Å². The zero-order valence-corrected chi connectivity index (χ0v) is 7.01. The molecule has 1 saturated heterocycles. The van der Waals surface area contributed by atoms with Crippen molar-refractivity contribution in [2.75, 3.05) is 0 Å². The van der Waals surface area contributed by atoms with Gasteiger partial charge >= 0.3 is 16.5 Å². The molecule has 12 heavy (non-hydrogen) atoms. The van der Waals surface area contributed by atoms with Crippen LogP contribution in [0.5, 0.6) is 0 Å². The number of carbonyl (C=O) groups is 1. The predicted octanol–water partition coefficient (Wildman–Crippen LogP) is -0.0787. The number of esters is 1. The molecule has 70 valence electrons. The molecular weight excluding hydrogens is 191 g/mol. The average molecular weight is 198 g/mol. The van der Waals surface area contributed by atoms with Gasteiger partial charge in [-0.2, -0.15) is 8.42 Å². The van der Waals surface area contributed by atoms with E-state index in [0.717, 1.165) is 0 Å². The number of ether oxygens (including phenoxy) is 1. The highest BCUT2D eigenvalue weighted by Crippen LogP contribution is 2.20. The molecule has 0 saturated carbocycles. The lowest BCUT2D eigenvalue weighted by atomic mass is 10.2. The summed E-state index contributed by atoms with van der Waals surface area (Å²) in [4.78, 5) is 10.5. The van der Waals surface area contributed by atoms with Crippen LogP contribution in [0.1, 0.15) is 13.3 Å². The first kappa shape index (κ1) is 9.40. The van der Waals surface area contributed by atoms with E-state index in [1.54, 1.807) is 0 Å². The second-order valence-electron chi connectivity index (χ2n) is 2.43. The molecule has 0 radical (unpaired) electrons. The fourth-order valence-corrected chi connectivity index (χ4v) is 1.44. The Morgan fingerprint density at radius 1 is 1.67 bits per heavy atom. The Kier molecular flexibility index (Phi) is 2.34. The van der Waals surface area contributed by atoms with Gasteiger partial charge in [0.05, 0.1) is 6.42 Å². The van der Waals surface area contributed by atoms with Gasteiger partial charge in [-0.05, 0) is 6.92 Å². The summed E-state index contributed by atoms with van der Waals surface area (Å²) in [7, 11) is -5.00. The Bertz CT molecular complexity index is 284. The number of cyclic esters (lactones) is 1. The minimum absolute atomic E-state index is 0.232. The van der Waals surface area contributed by atoms with Crippen LogP contribution in [0, 0.1) is 0 Å². The fraction of sp³-hybridized carbons (Fsp3) is 0.800. The van der Waals surface area contributed by atoms with E-state index in [-0.39, 0.29) is 6.42 Å². The quantitative estimate of drug-likeness (QED) is 0.458. The Hall–Kier alpha value is -0.690. The zero-order chi connectivity index (χ0) is 9.35. The summed E-state index contributed by atoms with van der Waals surface area (Å²) in [5.74, 6) is -0.587. The molecule has 2 atom stereocenters. The first-order valence-corrected chi connectivity index (χ1v) is 4.52. The fourth-order valence-electron chi connectivity index (χ4n) is 0.921. The lowest BCUT2D eigenvalue weighted by molar-refractivity contribution is -0.141. The third-order valence-corrected chi connectivity index (χ3v) is 1.92. The van der Waals surface area contributed by atoms with E-state index < -0.39 is 28.7 Å². The molecule has 0 amide bonds. The van der Waals surface area contributed by atoms with Crippen molar-refractivity contribution in [1.29, 1.82) is 0 Å². The molecule has 2 unspecified atom stereocenters. The van der Waals surface area contributed by atoms with Crippen molar-refractivity contribution >= 4 is 16.5 Å². The van der Waals surface area contributed by atoms with Gasteiger partial charge in [-0.1, -0.05) is 3.89 Å². The van der Waals surface area contributed by atoms with Gasteiger partial charge in [0.2, 0.25) is 0 Å². The lowest BCUT2D eigenvalue weighted by Crippen LogP contribution is -2.22. The Labute approximate surface area is 68.9 Å². The third kappa shape index (κ3) is 2.42. The van der Waals surface area contributed by atoms with Crippen molar-refractivity contribution in [3.63, 3.8) is 0 Å². The van der Waals surface area contributed by atoms with Gasteiger partial charge < -0.3 is 4.74 Å². The van der Waals surface area contributed by atoms with E-state index in [0.29, 0.717) is 0 Å². The van der Waals surface area contributed by atoms with Crippen LogP contribution in [-0.4, -0.2) is 26.6 Å². The summed E-state index contributed by atoms with van der Waals surface area (Å²) in [6.45, 7) is 1.43. The van der Waals surface area contributed by atoms with Crippen molar-refractivity contribution in [2.24, 2.45) is 0 Å². The molecule has 7 heteroatoms. The Balaban J connectivity index is 2.60. The van der Waals surface area contributed by atoms with Gasteiger partial charge in [0.1, 0.15) is 12.2 Å². The monoisotopic (exact) mass is 198 g/mol. The first-order chi connectivity index (χ1) is 5.38. The van der Waals surface area contributed by atoms with E-state index in [4.69, 9.17) is 0 Å². The molecule has 0 aromatic carbocycles. The summed E-state index contributed by atoms with van der Waals surface area (Å²) in [5.41, 5.74) is 0. The maximum absolute atomic E-state index is 11.9. The second-order valence-corrected chi connectivity index (χ2v) is 3.41. The maximum Gasteiger partial charge on any atom is 0.437 e. The highest BCUT2D eigenvalue weighted by atomic mass is 32.3. The van der Waals surface area contributed by atoms with Gasteiger partial charge in [-0.15, -0.1) is 0 Å². The molecule has 0 N–H and O–H groups in total. The normalized spacial score (nSPS) is 30.3. The van der Waals surface area contributed by atoms with Crippen molar-refractivity contribution in [1.82, 2.24) is 0 Å². The lowest BCUT2D eigenvalue weighted by Gasteiger charge is -2.09. The maximum atomic E-state index is 11.9. The molecule has 0 spiro atoms. The van der Waals surface area contributed by atoms with Crippen LogP contribution in [0.2, 0.25) is 0 Å². The van der Waals surface area contributed by atoms with Crippen LogP contribution in [0.25, 0.3) is 0 Å². The largest absolute Gasteiger partial charge is 0.460 e. The molecule has 5 nitrogen and oxygen atoms in total. The third-order valence-electron chi connectivity index (χ3n) is 1.45. The van der Waals surface area contributed by atoms with Crippen molar-refractivity contribution in [2.45, 2.75) is 25.6 Å². The molecule has 1 aliphatic rings. The number of carbonyl (C=O) groups excluding carboxylic acids is 1. The Morgan fingerprint density at radius 3 is 2.58 bits per heavy atom. The number of hydrogen-bond acceptors (Lipinski definition) is 5. The molecule has 0 aliphatic carbocycles. The molecule has 0 aromatic rings. The molecule has 1 fully saturated rings. The van der Waals surface area contributed by atoms with E-state index in [9.17, 15) is 17.1 Å². The minimum atomic E-state index is -5.00. The van der Waals surface area contributed by atoms with Gasteiger partial charge in [-0.3, -0.25) is 4.79 Å². The SMILES string of the molecule is CC1OC(=O)CC1OS(=O)(=O)F. The van der Waals surface area contributed by atoms with E-state index >= 15 is 0 Å². The van der Waals surface area contributed by atoms with Crippen LogP contribution in [-0.2, 0) is 24.2 Å². The summed E-state index contributed by atoms with van der Waals surface area (Å²) in [6, 6.07) is 0. The van der Waals surface area contributed by atoms with Crippen LogP contribution < -0.4 is 0 Å². The summed E-state index contributed by atoms with van der Waals surface area (Å²) >= 11 is 0. The van der Waals surface area contributed by atoms with Crippen LogP contribution in [0.15, 0.2) is 0 Å². The summed E-state index contributed by atoms with van der Waals surface area (Å²) in [5, 5.41) is 0. The molecule has 1 aliphatic heterocycles. The van der Waals surface area contributed by atoms with Crippen molar-refractivity contribution < 1.29 is 26.0 Å². The molecule has 1 heterocycles. The average Bonchev–Trinajstić information content (AvgIpc) is 2.06. The molecular formula is C5H7FO5S. The van der Waals surface area contributed by atoms with Crippen LogP contribution in [0.3, 0.4) is 0 Å². The predicted molar refractivity (Wildman–Crippen MR) is 35.1 cm³/mol. The van der Waals surface area contributed by atoms with Gasteiger partial charge in [0.25, 0.3) is 0 Å². The summed E-state index contributed by atoms with van der Waals surface area (Å²) < 4.78 is 40.4. The van der Waals surface area contributed by atoms with Crippen molar-refractivity contribution in [3.05, 3.63) is 0 Å². The highest BCUT2D eigenvalue weighted by molar-refractivity contribution is 7.81. The van der Waals surface area contributed by atoms with Gasteiger partial charge in [-0.25, -0.2) is 4.18 Å². The standard InChI is InChI=1S/C5H7FO5S/c1-3-4(2-5(7)10-3)11-12(6,8)9/h3-4H,2H2,1H3. The van der Waals surface area contributed by atoms with Crippen LogP contribution in [0.4, 0.5) is 3.89 Å². The first-order valence-electron chi connectivity index (χ1n) is 3.21. The second kappa shape index (κ2) is 2.98. The number of halogens is 1. The van der Waals surface area contributed by atoms with Gasteiger partial charge in [0, 0.05) is 0 Å². The smallest absolute Gasteiger partial charge is 0.437 e. The zero-order valence-electron chi connectivity index (χ0n) is 6.19. The minimum Gasteiger partial charge on any atom is -0.460 e. The molecule has 0 bridgehead atoms.